The standard InChI is InChI=1S/C12H13N3O.ClH/c1-16-11-8-7-10(13)12(15-11)14-9-5-3-2-4-6-9;/h2-8H,13H2,1H3,(H,14,15);1H. The summed E-state index contributed by atoms with van der Waals surface area (Å²) < 4.78 is 5.04. The lowest BCUT2D eigenvalue weighted by atomic mass is 10.3. The van der Waals surface area contributed by atoms with Gasteiger partial charge in [-0.2, -0.15) is 4.98 Å². The monoisotopic (exact) mass is 251 g/mol. The van der Waals surface area contributed by atoms with Crippen LogP contribution in [-0.2, 0) is 0 Å². The largest absolute Gasteiger partial charge is 0.481 e. The summed E-state index contributed by atoms with van der Waals surface area (Å²) in [6.45, 7) is 0. The molecule has 5 heteroatoms. The van der Waals surface area contributed by atoms with Crippen LogP contribution in [0.3, 0.4) is 0 Å². The number of ether oxygens (including phenoxy) is 1. The van der Waals surface area contributed by atoms with E-state index in [-0.39, 0.29) is 12.4 Å². The fourth-order valence-electron chi connectivity index (χ4n) is 1.32. The first kappa shape index (κ1) is 13.1. The van der Waals surface area contributed by atoms with Crippen LogP contribution in [0.4, 0.5) is 17.2 Å². The molecule has 0 aliphatic rings. The lowest BCUT2D eigenvalue weighted by Crippen LogP contribution is -2.00. The highest BCUT2D eigenvalue weighted by atomic mass is 35.5. The lowest BCUT2D eigenvalue weighted by molar-refractivity contribution is 0.398. The maximum atomic E-state index is 5.81. The SMILES string of the molecule is COc1ccc(N)c(Nc2ccccc2)n1.Cl. The number of nitrogens with zero attached hydrogens (tertiary/aromatic N) is 1. The average Bonchev–Trinajstić information content (AvgIpc) is 2.33. The van der Waals surface area contributed by atoms with Gasteiger partial charge in [0.15, 0.2) is 5.82 Å². The molecule has 1 heterocycles. The molecular formula is C12H14ClN3O. The van der Waals surface area contributed by atoms with E-state index in [0.29, 0.717) is 17.4 Å². The minimum atomic E-state index is 0. The van der Waals surface area contributed by atoms with Gasteiger partial charge in [0.05, 0.1) is 12.8 Å². The van der Waals surface area contributed by atoms with Crippen molar-refractivity contribution >= 4 is 29.6 Å². The molecule has 0 spiro atoms. The molecule has 0 unspecified atom stereocenters. The predicted molar refractivity (Wildman–Crippen MR) is 72.2 cm³/mol. The number of nitrogens with one attached hydrogen (secondary N) is 1. The fraction of sp³-hybridized carbons (Fsp3) is 0.0833. The maximum Gasteiger partial charge on any atom is 0.215 e. The van der Waals surface area contributed by atoms with Crippen LogP contribution >= 0.6 is 12.4 Å². The van der Waals surface area contributed by atoms with Crippen molar-refractivity contribution in [3.63, 3.8) is 0 Å². The van der Waals surface area contributed by atoms with Crippen molar-refractivity contribution in [3.05, 3.63) is 42.5 Å². The van der Waals surface area contributed by atoms with Gasteiger partial charge >= 0.3 is 0 Å². The Morgan fingerprint density at radius 3 is 2.47 bits per heavy atom. The van der Waals surface area contributed by atoms with Gasteiger partial charge in [0.2, 0.25) is 5.88 Å². The van der Waals surface area contributed by atoms with E-state index in [1.165, 1.54) is 0 Å². The lowest BCUT2D eigenvalue weighted by Gasteiger charge is -2.09. The first-order valence-electron chi connectivity index (χ1n) is 4.92. The van der Waals surface area contributed by atoms with Crippen molar-refractivity contribution in [1.29, 1.82) is 0 Å². The van der Waals surface area contributed by atoms with Crippen molar-refractivity contribution < 1.29 is 4.74 Å². The highest BCUT2D eigenvalue weighted by Crippen LogP contribution is 2.23. The number of hydrogen-bond donors (Lipinski definition) is 2. The molecule has 2 rings (SSSR count). The third-order valence-electron chi connectivity index (χ3n) is 2.15. The Morgan fingerprint density at radius 1 is 1.12 bits per heavy atom. The number of benzene rings is 1. The molecule has 3 N–H and O–H groups in total. The van der Waals surface area contributed by atoms with Gasteiger partial charge in [-0.1, -0.05) is 18.2 Å². The summed E-state index contributed by atoms with van der Waals surface area (Å²) in [5, 5.41) is 3.13. The van der Waals surface area contributed by atoms with Gasteiger partial charge < -0.3 is 15.8 Å². The van der Waals surface area contributed by atoms with Crippen molar-refractivity contribution in [2.45, 2.75) is 0 Å². The second-order valence-electron chi connectivity index (χ2n) is 3.28. The Kier molecular flexibility index (Phi) is 4.60. The number of pyridine rings is 1. The van der Waals surface area contributed by atoms with Crippen LogP contribution in [0.15, 0.2) is 42.5 Å². The normalized spacial score (nSPS) is 9.24. The number of halogens is 1. The van der Waals surface area contributed by atoms with Crippen LogP contribution in [0.2, 0.25) is 0 Å². The predicted octanol–water partition coefficient (Wildman–Crippen LogP) is 2.84. The zero-order chi connectivity index (χ0) is 11.4. The number of para-hydroxylation sites is 1. The van der Waals surface area contributed by atoms with Gasteiger partial charge in [-0.3, -0.25) is 0 Å². The Labute approximate surface area is 106 Å². The minimum absolute atomic E-state index is 0. The van der Waals surface area contributed by atoms with E-state index >= 15 is 0 Å². The number of nitrogens with two attached hydrogens (primary N) is 1. The number of methoxy groups -OCH3 is 1. The third-order valence-corrected chi connectivity index (χ3v) is 2.15. The first-order chi connectivity index (χ1) is 7.79. The molecule has 4 nitrogen and oxygen atoms in total. The molecule has 2 aromatic rings. The van der Waals surface area contributed by atoms with E-state index in [0.717, 1.165) is 5.69 Å². The van der Waals surface area contributed by atoms with Gasteiger partial charge in [-0.15, -0.1) is 12.4 Å². The van der Waals surface area contributed by atoms with Crippen LogP contribution in [-0.4, -0.2) is 12.1 Å². The van der Waals surface area contributed by atoms with Gasteiger partial charge in [0.1, 0.15) is 0 Å². The van der Waals surface area contributed by atoms with Crippen LogP contribution < -0.4 is 15.8 Å². The molecule has 0 atom stereocenters. The van der Waals surface area contributed by atoms with E-state index in [1.807, 2.05) is 30.3 Å². The molecule has 90 valence electrons. The smallest absolute Gasteiger partial charge is 0.215 e. The molecule has 0 saturated heterocycles. The molecule has 0 radical (unpaired) electrons. The Balaban J connectivity index is 0.00000144. The summed E-state index contributed by atoms with van der Waals surface area (Å²) in [6.07, 6.45) is 0. The number of rotatable bonds is 3. The van der Waals surface area contributed by atoms with Crippen LogP contribution in [0.25, 0.3) is 0 Å². The first-order valence-corrected chi connectivity index (χ1v) is 4.92. The summed E-state index contributed by atoms with van der Waals surface area (Å²) in [5.41, 5.74) is 7.34. The topological polar surface area (TPSA) is 60.2 Å². The maximum absolute atomic E-state index is 5.81. The zero-order valence-electron chi connectivity index (χ0n) is 9.38. The Morgan fingerprint density at radius 2 is 1.82 bits per heavy atom. The van der Waals surface area contributed by atoms with E-state index in [9.17, 15) is 0 Å². The quantitative estimate of drug-likeness (QED) is 0.881. The van der Waals surface area contributed by atoms with Crippen molar-refractivity contribution in [2.75, 3.05) is 18.2 Å². The van der Waals surface area contributed by atoms with Crippen molar-refractivity contribution in [1.82, 2.24) is 4.98 Å². The van der Waals surface area contributed by atoms with Crippen LogP contribution in [0, 0.1) is 0 Å². The summed E-state index contributed by atoms with van der Waals surface area (Å²) in [5.74, 6) is 1.14. The number of anilines is 3. The molecule has 0 aliphatic heterocycles. The van der Waals surface area contributed by atoms with E-state index in [2.05, 4.69) is 10.3 Å². The molecule has 0 saturated carbocycles. The summed E-state index contributed by atoms with van der Waals surface area (Å²) in [4.78, 5) is 4.23. The zero-order valence-corrected chi connectivity index (χ0v) is 10.2. The van der Waals surface area contributed by atoms with E-state index in [1.54, 1.807) is 19.2 Å². The summed E-state index contributed by atoms with van der Waals surface area (Å²) in [6, 6.07) is 13.2. The fourth-order valence-corrected chi connectivity index (χ4v) is 1.32. The summed E-state index contributed by atoms with van der Waals surface area (Å²) >= 11 is 0. The third kappa shape index (κ3) is 3.26. The van der Waals surface area contributed by atoms with Gasteiger partial charge in [0, 0.05) is 11.8 Å². The molecule has 0 bridgehead atoms. The Bertz CT molecular complexity index is 476. The van der Waals surface area contributed by atoms with E-state index < -0.39 is 0 Å². The molecular weight excluding hydrogens is 238 g/mol. The van der Waals surface area contributed by atoms with Crippen LogP contribution in [0.1, 0.15) is 0 Å². The highest BCUT2D eigenvalue weighted by molar-refractivity contribution is 5.85. The number of aromatic nitrogens is 1. The summed E-state index contributed by atoms with van der Waals surface area (Å²) in [7, 11) is 1.57. The molecule has 0 fully saturated rings. The van der Waals surface area contributed by atoms with Gasteiger partial charge in [-0.25, -0.2) is 0 Å². The van der Waals surface area contributed by atoms with Gasteiger partial charge in [0.25, 0.3) is 0 Å². The number of nitrogen functional groups attached to an aromatic ring is 1. The molecule has 0 amide bonds. The molecule has 0 aliphatic carbocycles. The molecule has 1 aromatic heterocycles. The number of hydrogen-bond acceptors (Lipinski definition) is 4. The van der Waals surface area contributed by atoms with Crippen molar-refractivity contribution in [2.24, 2.45) is 0 Å². The van der Waals surface area contributed by atoms with Crippen LogP contribution in [0.5, 0.6) is 5.88 Å². The Hall–Kier alpha value is -1.94. The van der Waals surface area contributed by atoms with Gasteiger partial charge in [-0.05, 0) is 18.2 Å². The second kappa shape index (κ2) is 5.96. The average molecular weight is 252 g/mol. The molecule has 17 heavy (non-hydrogen) atoms. The highest BCUT2D eigenvalue weighted by Gasteiger charge is 2.03. The molecule has 1 aromatic carbocycles. The second-order valence-corrected chi connectivity index (χ2v) is 3.28. The van der Waals surface area contributed by atoms with E-state index in [4.69, 9.17) is 10.5 Å². The minimum Gasteiger partial charge on any atom is -0.481 e. The van der Waals surface area contributed by atoms with Crippen molar-refractivity contribution in [3.8, 4) is 5.88 Å².